The summed E-state index contributed by atoms with van der Waals surface area (Å²) in [6.07, 6.45) is 10.4. The van der Waals surface area contributed by atoms with E-state index in [9.17, 15) is 15.0 Å². The number of aliphatic hydroxyl groups excluding tert-OH is 2. The van der Waals surface area contributed by atoms with Gasteiger partial charge in [-0.1, -0.05) is 30.7 Å². The van der Waals surface area contributed by atoms with E-state index in [2.05, 4.69) is 17.9 Å². The summed E-state index contributed by atoms with van der Waals surface area (Å²) in [5.74, 6) is 6.25. The largest absolute Gasteiger partial charge is 0.481 e. The minimum Gasteiger partial charge on any atom is -0.481 e. The smallest absolute Gasteiger partial charge is 0.303 e. The molecule has 4 heteroatoms. The number of rotatable bonds is 8. The second-order valence-corrected chi connectivity index (χ2v) is 7.84. The molecule has 0 aromatic rings. The Morgan fingerprint density at radius 1 is 1.38 bits per heavy atom. The van der Waals surface area contributed by atoms with Crippen molar-refractivity contribution < 1.29 is 20.1 Å². The van der Waals surface area contributed by atoms with Gasteiger partial charge in [0.2, 0.25) is 0 Å². The zero-order valence-electron chi connectivity index (χ0n) is 15.9. The molecular formula is C22H32O4. The van der Waals surface area contributed by atoms with Crippen molar-refractivity contribution in [2.75, 3.05) is 0 Å². The molecule has 2 rings (SSSR count). The zero-order valence-corrected chi connectivity index (χ0v) is 15.9. The highest BCUT2D eigenvalue weighted by Gasteiger charge is 2.44. The van der Waals surface area contributed by atoms with Gasteiger partial charge >= 0.3 is 5.97 Å². The average molecular weight is 360 g/mol. The van der Waals surface area contributed by atoms with Crippen LogP contribution < -0.4 is 0 Å². The van der Waals surface area contributed by atoms with Crippen LogP contribution in [0.1, 0.15) is 58.8 Å². The Morgan fingerprint density at radius 3 is 2.85 bits per heavy atom. The molecule has 2 fully saturated rings. The fraction of sp³-hybridized carbons (Fsp3) is 0.682. The molecule has 0 aromatic carbocycles. The van der Waals surface area contributed by atoms with Crippen LogP contribution in [-0.4, -0.2) is 33.5 Å². The van der Waals surface area contributed by atoms with Crippen molar-refractivity contribution >= 4 is 5.97 Å². The van der Waals surface area contributed by atoms with Gasteiger partial charge in [-0.05, 0) is 56.8 Å². The normalized spacial score (nSPS) is 31.6. The first-order valence-electron chi connectivity index (χ1n) is 9.76. The molecule has 2 saturated carbocycles. The highest BCUT2D eigenvalue weighted by atomic mass is 16.4. The van der Waals surface area contributed by atoms with Crippen molar-refractivity contribution in [1.29, 1.82) is 0 Å². The highest BCUT2D eigenvalue weighted by Crippen LogP contribution is 2.50. The number of allylic oxidation sites excluding steroid dienone is 2. The lowest BCUT2D eigenvalue weighted by Crippen LogP contribution is -2.19. The van der Waals surface area contributed by atoms with Crippen LogP contribution in [0.3, 0.4) is 0 Å². The molecule has 6 atom stereocenters. The van der Waals surface area contributed by atoms with Gasteiger partial charge in [0.05, 0.1) is 12.2 Å². The van der Waals surface area contributed by atoms with Gasteiger partial charge in [-0.25, -0.2) is 0 Å². The number of hydrogen-bond acceptors (Lipinski definition) is 3. The Bertz CT molecular complexity index is 595. The molecule has 0 unspecified atom stereocenters. The number of aliphatic hydroxyl groups is 2. The van der Waals surface area contributed by atoms with E-state index in [1.54, 1.807) is 6.92 Å². The van der Waals surface area contributed by atoms with E-state index in [0.29, 0.717) is 24.7 Å². The van der Waals surface area contributed by atoms with Crippen LogP contribution >= 0.6 is 0 Å². The standard InChI is InChI=1S/C22H32O4/c1-3-4-7-15(2)20(23)11-10-18-19-13-16(8-5-6-9-22(25)26)12-17(19)14-21(18)24/h8,10-11,15,17-21,23-24H,5-7,9,12-14H2,1-2H3,(H,25,26)/b11-10+,16-8+/t15-,17+,18+,19-,20+,21-/m0/s1. The van der Waals surface area contributed by atoms with Gasteiger partial charge in [-0.3, -0.25) is 4.79 Å². The topological polar surface area (TPSA) is 77.8 Å². The van der Waals surface area contributed by atoms with Crippen LogP contribution in [0.25, 0.3) is 0 Å². The maximum Gasteiger partial charge on any atom is 0.303 e. The number of carboxylic acid groups (broad SMARTS) is 1. The summed E-state index contributed by atoms with van der Waals surface area (Å²) in [4.78, 5) is 10.6. The third-order valence-corrected chi connectivity index (χ3v) is 5.85. The number of fused-ring (bicyclic) bond motifs is 1. The second kappa shape index (κ2) is 9.94. The maximum atomic E-state index is 10.6. The summed E-state index contributed by atoms with van der Waals surface area (Å²) in [6.45, 7) is 3.79. The Kier molecular flexibility index (Phi) is 7.93. The number of aliphatic carboxylic acids is 1. The Morgan fingerprint density at radius 2 is 2.15 bits per heavy atom. The van der Waals surface area contributed by atoms with Gasteiger partial charge in [0.1, 0.15) is 0 Å². The summed E-state index contributed by atoms with van der Waals surface area (Å²) >= 11 is 0. The SMILES string of the molecule is CC#CC[C@H](C)[C@H](O)/C=C/[C@@H]1[C@H]2C/C(=C/CCCC(=O)O)C[C@@H]2C[C@@H]1O. The number of hydrogen-bond donors (Lipinski definition) is 3. The van der Waals surface area contributed by atoms with Crippen LogP contribution in [0, 0.1) is 35.5 Å². The van der Waals surface area contributed by atoms with Crippen molar-refractivity contribution in [2.45, 2.75) is 71.0 Å². The molecule has 144 valence electrons. The first kappa shape index (κ1) is 20.7. The first-order valence-corrected chi connectivity index (χ1v) is 9.76. The Balaban J connectivity index is 1.89. The van der Waals surface area contributed by atoms with Gasteiger partial charge in [0, 0.05) is 18.8 Å². The van der Waals surface area contributed by atoms with E-state index in [0.717, 1.165) is 25.7 Å². The van der Waals surface area contributed by atoms with E-state index in [1.165, 1.54) is 5.57 Å². The van der Waals surface area contributed by atoms with Crippen LogP contribution in [0.4, 0.5) is 0 Å². The first-order chi connectivity index (χ1) is 12.4. The second-order valence-electron chi connectivity index (χ2n) is 7.84. The number of unbranched alkanes of at least 4 members (excludes halogenated alkanes) is 1. The van der Waals surface area contributed by atoms with Crippen molar-refractivity contribution in [3.63, 3.8) is 0 Å². The van der Waals surface area contributed by atoms with Gasteiger partial charge in [0.25, 0.3) is 0 Å². The molecule has 2 aliphatic carbocycles. The predicted molar refractivity (Wildman–Crippen MR) is 102 cm³/mol. The van der Waals surface area contributed by atoms with E-state index >= 15 is 0 Å². The Labute approximate surface area is 157 Å². The zero-order chi connectivity index (χ0) is 19.1. The van der Waals surface area contributed by atoms with Crippen LogP contribution in [0.15, 0.2) is 23.8 Å². The summed E-state index contributed by atoms with van der Waals surface area (Å²) < 4.78 is 0. The summed E-state index contributed by atoms with van der Waals surface area (Å²) in [5, 5.41) is 29.4. The van der Waals surface area contributed by atoms with E-state index in [4.69, 9.17) is 5.11 Å². The summed E-state index contributed by atoms with van der Waals surface area (Å²) in [5.41, 5.74) is 1.41. The molecule has 0 heterocycles. The van der Waals surface area contributed by atoms with Gasteiger partial charge in [-0.2, -0.15) is 0 Å². The molecule has 0 bridgehead atoms. The minimum atomic E-state index is -0.738. The molecule has 0 aliphatic heterocycles. The Hall–Kier alpha value is -1.57. The summed E-state index contributed by atoms with van der Waals surface area (Å²) in [6, 6.07) is 0. The van der Waals surface area contributed by atoms with Gasteiger partial charge < -0.3 is 15.3 Å². The predicted octanol–water partition coefficient (Wildman–Crippen LogP) is 3.54. The summed E-state index contributed by atoms with van der Waals surface area (Å²) in [7, 11) is 0. The molecule has 0 radical (unpaired) electrons. The van der Waals surface area contributed by atoms with Gasteiger partial charge in [0.15, 0.2) is 0 Å². The van der Waals surface area contributed by atoms with Crippen molar-refractivity contribution in [2.24, 2.45) is 23.7 Å². The van der Waals surface area contributed by atoms with Crippen molar-refractivity contribution in [3.05, 3.63) is 23.8 Å². The lowest BCUT2D eigenvalue weighted by molar-refractivity contribution is -0.137. The highest BCUT2D eigenvalue weighted by molar-refractivity contribution is 5.66. The monoisotopic (exact) mass is 360 g/mol. The quantitative estimate of drug-likeness (QED) is 0.351. The van der Waals surface area contributed by atoms with Crippen LogP contribution in [0.2, 0.25) is 0 Å². The third kappa shape index (κ3) is 5.72. The third-order valence-electron chi connectivity index (χ3n) is 5.85. The molecule has 0 amide bonds. The maximum absolute atomic E-state index is 10.6. The molecule has 0 aromatic heterocycles. The molecule has 4 nitrogen and oxygen atoms in total. The number of carboxylic acids is 1. The average Bonchev–Trinajstić information content (AvgIpc) is 3.10. The van der Waals surface area contributed by atoms with Crippen molar-refractivity contribution in [3.8, 4) is 11.8 Å². The van der Waals surface area contributed by atoms with Gasteiger partial charge in [-0.15, -0.1) is 11.8 Å². The fourth-order valence-electron chi connectivity index (χ4n) is 4.31. The number of carbonyl (C=O) groups is 1. The molecule has 2 aliphatic rings. The molecule has 0 saturated heterocycles. The van der Waals surface area contributed by atoms with Crippen molar-refractivity contribution in [1.82, 2.24) is 0 Å². The van der Waals surface area contributed by atoms with E-state index < -0.39 is 12.1 Å². The fourth-order valence-corrected chi connectivity index (χ4v) is 4.31. The molecule has 3 N–H and O–H groups in total. The van der Waals surface area contributed by atoms with Crippen LogP contribution in [-0.2, 0) is 4.79 Å². The van der Waals surface area contributed by atoms with Crippen LogP contribution in [0.5, 0.6) is 0 Å². The minimum absolute atomic E-state index is 0.0845. The lowest BCUT2D eigenvalue weighted by Gasteiger charge is -2.19. The van der Waals surface area contributed by atoms with E-state index in [-0.39, 0.29) is 24.4 Å². The molecule has 26 heavy (non-hydrogen) atoms. The lowest BCUT2D eigenvalue weighted by atomic mass is 9.89. The molecule has 0 spiro atoms. The van der Waals surface area contributed by atoms with E-state index in [1.807, 2.05) is 19.1 Å². The molecular weight excluding hydrogens is 328 g/mol.